The van der Waals surface area contributed by atoms with Crippen molar-refractivity contribution in [3.63, 3.8) is 0 Å². The molecular weight excluding hydrogens is 176 g/mol. The van der Waals surface area contributed by atoms with Gasteiger partial charge in [-0.05, 0) is 19.1 Å². The van der Waals surface area contributed by atoms with Gasteiger partial charge in [-0.2, -0.15) is 10.5 Å². The summed E-state index contributed by atoms with van der Waals surface area (Å²) in [5.74, 6) is 0. The highest BCUT2D eigenvalue weighted by molar-refractivity contribution is 5.71. The van der Waals surface area contributed by atoms with E-state index in [0.717, 1.165) is 6.54 Å². The van der Waals surface area contributed by atoms with Crippen LogP contribution in [0.4, 0.5) is 11.4 Å². The normalized spacial score (nSPS) is 8.79. The van der Waals surface area contributed by atoms with Crippen molar-refractivity contribution in [3.05, 3.63) is 23.3 Å². The molecule has 4 nitrogen and oxygen atoms in total. The fraction of sp³-hybridized carbons (Fsp3) is 0.200. The Morgan fingerprint density at radius 3 is 2.36 bits per heavy atom. The van der Waals surface area contributed by atoms with Crippen LogP contribution in [0.2, 0.25) is 0 Å². The van der Waals surface area contributed by atoms with Crippen LogP contribution in [-0.4, -0.2) is 6.54 Å². The van der Waals surface area contributed by atoms with Crippen molar-refractivity contribution in [2.45, 2.75) is 6.92 Å². The van der Waals surface area contributed by atoms with Crippen molar-refractivity contribution in [1.29, 1.82) is 10.5 Å². The Labute approximate surface area is 82.6 Å². The lowest BCUT2D eigenvalue weighted by molar-refractivity contribution is 1.21. The van der Waals surface area contributed by atoms with Gasteiger partial charge < -0.3 is 11.1 Å². The molecule has 0 radical (unpaired) electrons. The Bertz CT molecular complexity index is 423. The Balaban J connectivity index is 3.27. The second-order valence-corrected chi connectivity index (χ2v) is 2.74. The van der Waals surface area contributed by atoms with Gasteiger partial charge >= 0.3 is 0 Å². The van der Waals surface area contributed by atoms with Crippen molar-refractivity contribution in [2.75, 3.05) is 17.6 Å². The summed E-state index contributed by atoms with van der Waals surface area (Å²) in [6.45, 7) is 2.66. The van der Waals surface area contributed by atoms with E-state index in [4.69, 9.17) is 16.3 Å². The predicted octanol–water partition coefficient (Wildman–Crippen LogP) is 1.44. The molecule has 1 aromatic carbocycles. The molecule has 0 amide bonds. The summed E-state index contributed by atoms with van der Waals surface area (Å²) in [6, 6.07) is 6.99. The topological polar surface area (TPSA) is 85.6 Å². The number of nitrogens with two attached hydrogens (primary N) is 1. The van der Waals surface area contributed by atoms with E-state index in [2.05, 4.69) is 5.32 Å². The molecule has 70 valence electrons. The molecule has 0 aliphatic rings. The zero-order valence-electron chi connectivity index (χ0n) is 7.83. The molecule has 0 heterocycles. The molecule has 4 heteroatoms. The molecule has 0 aliphatic heterocycles. The highest BCUT2D eigenvalue weighted by Crippen LogP contribution is 2.22. The molecule has 1 rings (SSSR count). The van der Waals surface area contributed by atoms with Crippen LogP contribution < -0.4 is 11.1 Å². The largest absolute Gasteiger partial charge is 0.397 e. The molecular formula is C10H10N4. The zero-order valence-corrected chi connectivity index (χ0v) is 7.83. The number of nitrogens with one attached hydrogen (secondary N) is 1. The summed E-state index contributed by atoms with van der Waals surface area (Å²) in [5, 5.41) is 20.5. The second kappa shape index (κ2) is 4.15. The number of anilines is 2. The third kappa shape index (κ3) is 1.75. The van der Waals surface area contributed by atoms with Crippen LogP contribution in [0, 0.1) is 22.7 Å². The minimum absolute atomic E-state index is 0.312. The maximum atomic E-state index is 8.76. The lowest BCUT2D eigenvalue weighted by Gasteiger charge is -2.07. The van der Waals surface area contributed by atoms with Crippen molar-refractivity contribution in [1.82, 2.24) is 0 Å². The zero-order chi connectivity index (χ0) is 10.6. The van der Waals surface area contributed by atoms with Gasteiger partial charge in [-0.25, -0.2) is 0 Å². The van der Waals surface area contributed by atoms with Crippen molar-refractivity contribution in [3.8, 4) is 12.1 Å². The van der Waals surface area contributed by atoms with Crippen LogP contribution >= 0.6 is 0 Å². The highest BCUT2D eigenvalue weighted by atomic mass is 14.9. The van der Waals surface area contributed by atoms with Gasteiger partial charge in [-0.15, -0.1) is 0 Å². The third-order valence-electron chi connectivity index (χ3n) is 1.80. The van der Waals surface area contributed by atoms with Gasteiger partial charge in [0.15, 0.2) is 0 Å². The first-order valence-electron chi connectivity index (χ1n) is 4.20. The molecule has 0 atom stereocenters. The minimum Gasteiger partial charge on any atom is -0.397 e. The van der Waals surface area contributed by atoms with E-state index in [0.29, 0.717) is 22.5 Å². The maximum Gasteiger partial charge on any atom is 0.101 e. The Hall–Kier alpha value is -2.20. The average molecular weight is 186 g/mol. The van der Waals surface area contributed by atoms with Gasteiger partial charge in [0.25, 0.3) is 0 Å². The fourth-order valence-corrected chi connectivity index (χ4v) is 1.14. The first-order chi connectivity index (χ1) is 6.72. The lowest BCUT2D eigenvalue weighted by Crippen LogP contribution is -2.02. The molecule has 0 aromatic heterocycles. The van der Waals surface area contributed by atoms with Gasteiger partial charge in [-0.3, -0.25) is 0 Å². The van der Waals surface area contributed by atoms with Crippen LogP contribution in [0.25, 0.3) is 0 Å². The lowest BCUT2D eigenvalue weighted by atomic mass is 10.1. The van der Waals surface area contributed by atoms with Gasteiger partial charge in [-0.1, -0.05) is 0 Å². The molecule has 0 bridgehead atoms. The molecule has 0 spiro atoms. The number of rotatable bonds is 2. The van der Waals surface area contributed by atoms with Gasteiger partial charge in [0.2, 0.25) is 0 Å². The van der Waals surface area contributed by atoms with Crippen molar-refractivity contribution in [2.24, 2.45) is 0 Å². The minimum atomic E-state index is 0.312. The monoisotopic (exact) mass is 186 g/mol. The number of nitrogen functional groups attached to an aromatic ring is 1. The average Bonchev–Trinajstić information content (AvgIpc) is 2.20. The van der Waals surface area contributed by atoms with Crippen LogP contribution in [-0.2, 0) is 0 Å². The van der Waals surface area contributed by atoms with Crippen molar-refractivity contribution < 1.29 is 0 Å². The summed E-state index contributed by atoms with van der Waals surface area (Å²) >= 11 is 0. The van der Waals surface area contributed by atoms with E-state index in [-0.39, 0.29) is 0 Å². The quantitative estimate of drug-likeness (QED) is 0.684. The smallest absolute Gasteiger partial charge is 0.101 e. The number of nitriles is 2. The standard InChI is InChI=1S/C10H10N4/c1-2-14-10-4-8(6-12)7(5-11)3-9(10)13/h3-4,14H,2,13H2,1H3. The molecule has 1 aromatic rings. The first-order valence-corrected chi connectivity index (χ1v) is 4.20. The molecule has 3 N–H and O–H groups in total. The number of hydrogen-bond acceptors (Lipinski definition) is 4. The van der Waals surface area contributed by atoms with Gasteiger partial charge in [0.1, 0.15) is 12.1 Å². The summed E-state index contributed by atoms with van der Waals surface area (Å²) in [4.78, 5) is 0. The predicted molar refractivity (Wildman–Crippen MR) is 54.4 cm³/mol. The Kier molecular flexibility index (Phi) is 2.93. The van der Waals surface area contributed by atoms with Crippen LogP contribution in [0.1, 0.15) is 18.1 Å². The van der Waals surface area contributed by atoms with E-state index in [9.17, 15) is 0 Å². The Morgan fingerprint density at radius 2 is 1.86 bits per heavy atom. The summed E-state index contributed by atoms with van der Waals surface area (Å²) in [5.41, 5.74) is 7.53. The second-order valence-electron chi connectivity index (χ2n) is 2.74. The van der Waals surface area contributed by atoms with Gasteiger partial charge in [0.05, 0.1) is 22.5 Å². The maximum absolute atomic E-state index is 8.76. The molecule has 0 saturated carbocycles. The Morgan fingerprint density at radius 1 is 1.29 bits per heavy atom. The van der Waals surface area contributed by atoms with Crippen molar-refractivity contribution >= 4 is 11.4 Å². The summed E-state index contributed by atoms with van der Waals surface area (Å²) in [6.07, 6.45) is 0. The number of hydrogen-bond donors (Lipinski definition) is 2. The van der Waals surface area contributed by atoms with E-state index in [1.807, 2.05) is 19.1 Å². The summed E-state index contributed by atoms with van der Waals surface area (Å²) < 4.78 is 0. The molecule has 0 fully saturated rings. The number of benzene rings is 1. The third-order valence-corrected chi connectivity index (χ3v) is 1.80. The molecule has 0 saturated heterocycles. The number of nitrogens with zero attached hydrogens (tertiary/aromatic N) is 2. The first kappa shape index (κ1) is 9.88. The van der Waals surface area contributed by atoms with Gasteiger partial charge in [0, 0.05) is 6.54 Å². The SMILES string of the molecule is CCNc1cc(C#N)c(C#N)cc1N. The summed E-state index contributed by atoms with van der Waals surface area (Å²) in [7, 11) is 0. The van der Waals surface area contributed by atoms with E-state index in [1.165, 1.54) is 6.07 Å². The highest BCUT2D eigenvalue weighted by Gasteiger charge is 2.06. The van der Waals surface area contributed by atoms with E-state index < -0.39 is 0 Å². The molecule has 0 aliphatic carbocycles. The van der Waals surface area contributed by atoms with Crippen LogP contribution in [0.15, 0.2) is 12.1 Å². The molecule has 0 unspecified atom stereocenters. The molecule has 14 heavy (non-hydrogen) atoms. The van der Waals surface area contributed by atoms with Crippen LogP contribution in [0.3, 0.4) is 0 Å². The van der Waals surface area contributed by atoms with E-state index >= 15 is 0 Å². The van der Waals surface area contributed by atoms with Crippen LogP contribution in [0.5, 0.6) is 0 Å². The van der Waals surface area contributed by atoms with E-state index in [1.54, 1.807) is 6.07 Å². The fourth-order valence-electron chi connectivity index (χ4n) is 1.14.